The molecule has 0 aliphatic carbocycles. The number of hydrogen-bond donors (Lipinski definition) is 1. The Morgan fingerprint density at radius 3 is 3.22 bits per heavy atom. The second-order valence-electron chi connectivity index (χ2n) is 6.13. The van der Waals surface area contributed by atoms with Crippen molar-refractivity contribution in [3.05, 3.63) is 36.8 Å². The summed E-state index contributed by atoms with van der Waals surface area (Å²) in [6.45, 7) is 4.27. The summed E-state index contributed by atoms with van der Waals surface area (Å²) in [7, 11) is 0. The lowest BCUT2D eigenvalue weighted by molar-refractivity contribution is -0.00198. The predicted molar refractivity (Wildman–Crippen MR) is 83.6 cm³/mol. The Labute approximate surface area is 135 Å². The zero-order valence-corrected chi connectivity index (χ0v) is 13.3. The SMILES string of the molecule is O[C@@H](COCc1ccco1)CN1CCC[C@H](Cn2cncn2)C1. The van der Waals surface area contributed by atoms with Gasteiger partial charge in [-0.2, -0.15) is 5.10 Å². The second kappa shape index (κ2) is 8.24. The lowest BCUT2D eigenvalue weighted by Crippen LogP contribution is -2.42. The van der Waals surface area contributed by atoms with Crippen molar-refractivity contribution in [2.45, 2.75) is 32.1 Å². The lowest BCUT2D eigenvalue weighted by Gasteiger charge is -2.33. The first-order valence-electron chi connectivity index (χ1n) is 8.12. The molecule has 1 saturated heterocycles. The number of aliphatic hydroxyl groups excluding tert-OH is 1. The zero-order valence-electron chi connectivity index (χ0n) is 13.3. The largest absolute Gasteiger partial charge is 0.467 e. The molecule has 23 heavy (non-hydrogen) atoms. The van der Waals surface area contributed by atoms with Crippen LogP contribution >= 0.6 is 0 Å². The highest BCUT2D eigenvalue weighted by molar-refractivity contribution is 4.96. The minimum Gasteiger partial charge on any atom is -0.467 e. The molecule has 3 heterocycles. The van der Waals surface area contributed by atoms with E-state index in [0.29, 0.717) is 25.7 Å². The number of furan rings is 1. The summed E-state index contributed by atoms with van der Waals surface area (Å²) in [5.41, 5.74) is 0. The van der Waals surface area contributed by atoms with E-state index in [1.54, 1.807) is 18.9 Å². The average molecular weight is 320 g/mol. The average Bonchev–Trinajstić information content (AvgIpc) is 3.21. The van der Waals surface area contributed by atoms with E-state index in [9.17, 15) is 5.11 Å². The molecule has 0 amide bonds. The molecule has 2 aromatic rings. The van der Waals surface area contributed by atoms with Gasteiger partial charge in [0.05, 0.1) is 19.0 Å². The highest BCUT2D eigenvalue weighted by Gasteiger charge is 2.22. The van der Waals surface area contributed by atoms with Crippen molar-refractivity contribution in [2.24, 2.45) is 5.92 Å². The van der Waals surface area contributed by atoms with E-state index in [1.165, 1.54) is 6.42 Å². The van der Waals surface area contributed by atoms with Gasteiger partial charge in [-0.1, -0.05) is 0 Å². The zero-order chi connectivity index (χ0) is 15.9. The molecule has 1 aliphatic rings. The number of hydrogen-bond acceptors (Lipinski definition) is 6. The summed E-state index contributed by atoms with van der Waals surface area (Å²) >= 11 is 0. The molecule has 0 bridgehead atoms. The first kappa shape index (κ1) is 16.2. The minimum atomic E-state index is -0.477. The van der Waals surface area contributed by atoms with Gasteiger partial charge in [0.2, 0.25) is 0 Å². The molecule has 126 valence electrons. The number of piperidine rings is 1. The van der Waals surface area contributed by atoms with Gasteiger partial charge in [0.15, 0.2) is 0 Å². The summed E-state index contributed by atoms with van der Waals surface area (Å²) in [6, 6.07) is 3.70. The molecule has 0 spiro atoms. The maximum atomic E-state index is 10.1. The molecule has 7 nitrogen and oxygen atoms in total. The van der Waals surface area contributed by atoms with E-state index in [2.05, 4.69) is 15.0 Å². The van der Waals surface area contributed by atoms with Crippen molar-refractivity contribution in [2.75, 3.05) is 26.2 Å². The van der Waals surface area contributed by atoms with Crippen LogP contribution in [0.2, 0.25) is 0 Å². The van der Waals surface area contributed by atoms with Crippen LogP contribution in [0.3, 0.4) is 0 Å². The molecular formula is C16H24N4O3. The second-order valence-corrected chi connectivity index (χ2v) is 6.13. The van der Waals surface area contributed by atoms with Gasteiger partial charge in [-0.05, 0) is 37.4 Å². The van der Waals surface area contributed by atoms with Crippen molar-refractivity contribution in [3.63, 3.8) is 0 Å². The fourth-order valence-electron chi connectivity index (χ4n) is 3.10. The van der Waals surface area contributed by atoms with Crippen LogP contribution in [0.25, 0.3) is 0 Å². The number of ether oxygens (including phenoxy) is 1. The summed E-state index contributed by atoms with van der Waals surface area (Å²) in [5.74, 6) is 1.34. The Kier molecular flexibility index (Phi) is 5.79. The van der Waals surface area contributed by atoms with Gasteiger partial charge in [0.1, 0.15) is 25.0 Å². The molecule has 7 heteroatoms. The van der Waals surface area contributed by atoms with Gasteiger partial charge in [-0.25, -0.2) is 4.98 Å². The molecule has 0 unspecified atom stereocenters. The van der Waals surface area contributed by atoms with Gasteiger partial charge < -0.3 is 19.2 Å². The van der Waals surface area contributed by atoms with Crippen LogP contribution in [0.15, 0.2) is 35.5 Å². The van der Waals surface area contributed by atoms with Crippen molar-refractivity contribution >= 4 is 0 Å². The standard InChI is InChI=1S/C16H24N4O3/c21-15(10-22-11-16-4-2-6-23-16)9-19-5-1-3-14(7-19)8-20-13-17-12-18-20/h2,4,6,12-15,21H,1,3,5,7-11H2/t14-,15+/m0/s1. The molecule has 2 aromatic heterocycles. The molecule has 0 aromatic carbocycles. The molecule has 0 saturated carbocycles. The molecule has 3 rings (SSSR count). The minimum absolute atomic E-state index is 0.324. The fraction of sp³-hybridized carbons (Fsp3) is 0.625. The number of likely N-dealkylation sites (tertiary alicyclic amines) is 1. The normalized spacial score (nSPS) is 20.7. The first-order chi connectivity index (χ1) is 11.3. The smallest absolute Gasteiger partial charge is 0.137 e. The van der Waals surface area contributed by atoms with E-state index in [-0.39, 0.29) is 0 Å². The molecular weight excluding hydrogens is 296 g/mol. The molecule has 2 atom stereocenters. The summed E-state index contributed by atoms with van der Waals surface area (Å²) in [6.07, 6.45) is 6.82. The third-order valence-corrected chi connectivity index (χ3v) is 4.12. The quantitative estimate of drug-likeness (QED) is 0.786. The van der Waals surface area contributed by atoms with Crippen LogP contribution in [0, 0.1) is 5.92 Å². The van der Waals surface area contributed by atoms with Gasteiger partial charge in [0.25, 0.3) is 0 Å². The third kappa shape index (κ3) is 5.16. The highest BCUT2D eigenvalue weighted by Crippen LogP contribution is 2.18. The topological polar surface area (TPSA) is 76.6 Å². The van der Waals surface area contributed by atoms with Crippen LogP contribution in [0.4, 0.5) is 0 Å². The maximum Gasteiger partial charge on any atom is 0.137 e. The number of rotatable bonds is 8. The molecule has 1 aliphatic heterocycles. The third-order valence-electron chi connectivity index (χ3n) is 4.12. The van der Waals surface area contributed by atoms with Crippen molar-refractivity contribution in [3.8, 4) is 0 Å². The van der Waals surface area contributed by atoms with Crippen LogP contribution in [0.1, 0.15) is 18.6 Å². The first-order valence-corrected chi connectivity index (χ1v) is 8.12. The van der Waals surface area contributed by atoms with Crippen molar-refractivity contribution < 1.29 is 14.3 Å². The number of β-amino-alcohol motifs (C(OH)–C–C–N with tert-alkyl or cyclic N) is 1. The summed E-state index contributed by atoms with van der Waals surface area (Å²) < 4.78 is 12.6. The number of aliphatic hydroxyl groups is 1. The van der Waals surface area contributed by atoms with Gasteiger partial charge in [0, 0.05) is 19.6 Å². The highest BCUT2D eigenvalue weighted by atomic mass is 16.5. The Hall–Kier alpha value is -1.70. The van der Waals surface area contributed by atoms with E-state index >= 15 is 0 Å². The maximum absolute atomic E-state index is 10.1. The molecule has 0 radical (unpaired) electrons. The van der Waals surface area contributed by atoms with Crippen LogP contribution in [-0.2, 0) is 17.9 Å². The van der Waals surface area contributed by atoms with Crippen LogP contribution < -0.4 is 0 Å². The monoisotopic (exact) mass is 320 g/mol. The fourth-order valence-corrected chi connectivity index (χ4v) is 3.10. The lowest BCUT2D eigenvalue weighted by atomic mass is 9.98. The van der Waals surface area contributed by atoms with Gasteiger partial charge in [-0.15, -0.1) is 0 Å². The van der Waals surface area contributed by atoms with E-state index < -0.39 is 6.10 Å². The summed E-state index contributed by atoms with van der Waals surface area (Å²) in [4.78, 5) is 6.30. The van der Waals surface area contributed by atoms with Gasteiger partial charge in [-0.3, -0.25) is 4.68 Å². The van der Waals surface area contributed by atoms with Crippen molar-refractivity contribution in [1.82, 2.24) is 19.7 Å². The van der Waals surface area contributed by atoms with Gasteiger partial charge >= 0.3 is 0 Å². The number of aromatic nitrogens is 3. The summed E-state index contributed by atoms with van der Waals surface area (Å²) in [5, 5.41) is 14.3. The molecule has 1 fully saturated rings. The predicted octanol–water partition coefficient (Wildman–Crippen LogP) is 1.16. The van der Waals surface area contributed by atoms with Crippen molar-refractivity contribution in [1.29, 1.82) is 0 Å². The number of nitrogens with zero attached hydrogens (tertiary/aromatic N) is 4. The van der Waals surface area contributed by atoms with Crippen LogP contribution in [0.5, 0.6) is 0 Å². The Bertz CT molecular complexity index is 544. The molecule has 1 N–H and O–H groups in total. The van der Waals surface area contributed by atoms with E-state index in [0.717, 1.165) is 31.8 Å². The van der Waals surface area contributed by atoms with Crippen LogP contribution in [-0.4, -0.2) is 57.1 Å². The van der Waals surface area contributed by atoms with E-state index in [4.69, 9.17) is 9.15 Å². The van der Waals surface area contributed by atoms with E-state index in [1.807, 2.05) is 16.8 Å². The Balaban J connectivity index is 1.36. The Morgan fingerprint density at radius 1 is 1.48 bits per heavy atom. The Morgan fingerprint density at radius 2 is 2.43 bits per heavy atom.